The number of fused-ring (bicyclic) bond motifs is 1. The molecule has 5 heteroatoms. The summed E-state index contributed by atoms with van der Waals surface area (Å²) < 4.78 is 2.13. The molecule has 0 unspecified atom stereocenters. The Balaban J connectivity index is 2.27. The van der Waals surface area contributed by atoms with Gasteiger partial charge in [0, 0.05) is 0 Å². The monoisotopic (exact) mass is 229 g/mol. The van der Waals surface area contributed by atoms with Crippen LogP contribution in [0.25, 0.3) is 11.0 Å². The van der Waals surface area contributed by atoms with Crippen LogP contribution in [-0.2, 0) is 0 Å². The van der Waals surface area contributed by atoms with Crippen LogP contribution >= 0.6 is 11.3 Å². The zero-order valence-corrected chi connectivity index (χ0v) is 9.02. The van der Waals surface area contributed by atoms with Crippen LogP contribution in [0.5, 0.6) is 0 Å². The number of hydrogen-bond donors (Lipinski definition) is 0. The quantitative estimate of drug-likeness (QED) is 0.617. The highest BCUT2D eigenvalue weighted by Crippen LogP contribution is 2.01. The molecule has 0 radical (unpaired) electrons. The summed E-state index contributed by atoms with van der Waals surface area (Å²) in [4.78, 5) is 12.5. The molecule has 0 bridgehead atoms. The number of rotatable bonds is 1. The smallest absolute Gasteiger partial charge is 0.267 e. The standard InChI is InChI=1S/C11H7N3OS/c15-10-9(6-8-4-2-1-3-5-8)16-11-13-12-7-14(10)11/h1-7H/b9-6-. The molecule has 16 heavy (non-hydrogen) atoms. The Hall–Kier alpha value is -2.01. The molecule has 78 valence electrons. The maximum absolute atomic E-state index is 11.9. The van der Waals surface area contributed by atoms with Crippen LogP contribution in [0.2, 0.25) is 0 Å². The van der Waals surface area contributed by atoms with Crippen LogP contribution in [0.4, 0.5) is 0 Å². The van der Waals surface area contributed by atoms with Gasteiger partial charge >= 0.3 is 0 Å². The Morgan fingerprint density at radius 2 is 2.06 bits per heavy atom. The van der Waals surface area contributed by atoms with E-state index in [1.165, 1.54) is 22.1 Å². The van der Waals surface area contributed by atoms with Crippen molar-refractivity contribution >= 4 is 22.4 Å². The van der Waals surface area contributed by atoms with E-state index in [1.54, 1.807) is 0 Å². The molecular formula is C11H7N3OS. The third kappa shape index (κ3) is 1.42. The number of benzene rings is 1. The fourth-order valence-electron chi connectivity index (χ4n) is 1.49. The van der Waals surface area contributed by atoms with E-state index in [0.717, 1.165) is 5.56 Å². The summed E-state index contributed by atoms with van der Waals surface area (Å²) >= 11 is 1.35. The van der Waals surface area contributed by atoms with Crippen molar-refractivity contribution in [2.24, 2.45) is 0 Å². The van der Waals surface area contributed by atoms with Gasteiger partial charge in [0.15, 0.2) is 0 Å². The third-order valence-corrected chi connectivity index (χ3v) is 3.22. The van der Waals surface area contributed by atoms with Crippen LogP contribution in [0.1, 0.15) is 5.56 Å². The maximum Gasteiger partial charge on any atom is 0.275 e. The second-order valence-corrected chi connectivity index (χ2v) is 4.32. The summed E-state index contributed by atoms with van der Waals surface area (Å²) in [5, 5.41) is 7.53. The highest BCUT2D eigenvalue weighted by molar-refractivity contribution is 7.15. The summed E-state index contributed by atoms with van der Waals surface area (Å²) in [6.07, 6.45) is 3.30. The normalized spacial score (nSPS) is 12.4. The zero-order chi connectivity index (χ0) is 11.0. The molecule has 0 N–H and O–H groups in total. The summed E-state index contributed by atoms with van der Waals surface area (Å²) in [6.45, 7) is 0. The Morgan fingerprint density at radius 3 is 2.81 bits per heavy atom. The molecule has 0 atom stereocenters. The van der Waals surface area contributed by atoms with E-state index in [4.69, 9.17) is 0 Å². The molecule has 4 nitrogen and oxygen atoms in total. The molecule has 0 amide bonds. The van der Waals surface area contributed by atoms with Crippen LogP contribution in [-0.4, -0.2) is 14.6 Å². The van der Waals surface area contributed by atoms with Gasteiger partial charge < -0.3 is 0 Å². The molecule has 0 aliphatic carbocycles. The van der Waals surface area contributed by atoms with Gasteiger partial charge in [-0.1, -0.05) is 41.7 Å². The van der Waals surface area contributed by atoms with Crippen molar-refractivity contribution in [3.8, 4) is 0 Å². The molecule has 2 aromatic heterocycles. The Kier molecular flexibility index (Phi) is 2.04. The summed E-state index contributed by atoms with van der Waals surface area (Å²) in [7, 11) is 0. The van der Waals surface area contributed by atoms with Gasteiger partial charge in [0.05, 0.1) is 4.53 Å². The lowest BCUT2D eigenvalue weighted by Gasteiger charge is -1.87. The predicted octanol–water partition coefficient (Wildman–Crippen LogP) is 0.699. The highest BCUT2D eigenvalue weighted by Gasteiger charge is 2.03. The molecule has 3 rings (SSSR count). The van der Waals surface area contributed by atoms with Crippen molar-refractivity contribution in [1.82, 2.24) is 14.6 Å². The lowest BCUT2D eigenvalue weighted by molar-refractivity contribution is 1.08. The van der Waals surface area contributed by atoms with Gasteiger partial charge in [0.1, 0.15) is 6.33 Å². The minimum Gasteiger partial charge on any atom is -0.267 e. The first kappa shape index (κ1) is 9.23. The molecule has 0 spiro atoms. The zero-order valence-electron chi connectivity index (χ0n) is 8.20. The van der Waals surface area contributed by atoms with Crippen molar-refractivity contribution < 1.29 is 0 Å². The van der Waals surface area contributed by atoms with E-state index in [1.807, 2.05) is 36.4 Å². The van der Waals surface area contributed by atoms with Crippen LogP contribution in [0.15, 0.2) is 41.5 Å². The van der Waals surface area contributed by atoms with Crippen molar-refractivity contribution in [2.75, 3.05) is 0 Å². The minimum absolute atomic E-state index is 0.0612. The SMILES string of the molecule is O=c1/c(=C/c2ccccc2)sc2nncn12. The molecule has 0 saturated carbocycles. The molecule has 1 aromatic carbocycles. The van der Waals surface area contributed by atoms with E-state index in [2.05, 4.69) is 10.2 Å². The highest BCUT2D eigenvalue weighted by atomic mass is 32.1. The van der Waals surface area contributed by atoms with Gasteiger partial charge in [-0.2, -0.15) is 0 Å². The van der Waals surface area contributed by atoms with E-state index >= 15 is 0 Å². The molecule has 0 fully saturated rings. The second kappa shape index (κ2) is 3.53. The summed E-state index contributed by atoms with van der Waals surface area (Å²) in [5.41, 5.74) is 0.950. The molecular weight excluding hydrogens is 222 g/mol. The lowest BCUT2D eigenvalue weighted by atomic mass is 10.2. The van der Waals surface area contributed by atoms with Crippen molar-refractivity contribution in [3.63, 3.8) is 0 Å². The maximum atomic E-state index is 11.9. The Bertz CT molecular complexity index is 730. The van der Waals surface area contributed by atoms with Crippen LogP contribution in [0.3, 0.4) is 0 Å². The average molecular weight is 229 g/mol. The first-order valence-corrected chi connectivity index (χ1v) is 5.55. The summed E-state index contributed by atoms with van der Waals surface area (Å²) in [5.74, 6) is 0. The molecule has 2 heterocycles. The first-order chi connectivity index (χ1) is 7.84. The van der Waals surface area contributed by atoms with Gasteiger partial charge in [-0.15, -0.1) is 10.2 Å². The average Bonchev–Trinajstić information content (AvgIpc) is 2.86. The molecule has 3 aromatic rings. The lowest BCUT2D eigenvalue weighted by Crippen LogP contribution is -2.22. The topological polar surface area (TPSA) is 47.3 Å². The van der Waals surface area contributed by atoms with Gasteiger partial charge in [-0.05, 0) is 11.6 Å². The van der Waals surface area contributed by atoms with E-state index in [9.17, 15) is 4.79 Å². The van der Waals surface area contributed by atoms with Gasteiger partial charge in [-0.3, -0.25) is 4.79 Å². The van der Waals surface area contributed by atoms with Crippen molar-refractivity contribution in [1.29, 1.82) is 0 Å². The van der Waals surface area contributed by atoms with Crippen molar-refractivity contribution in [2.45, 2.75) is 0 Å². The molecule has 0 aliphatic rings. The Labute approximate surface area is 94.5 Å². The van der Waals surface area contributed by atoms with Gasteiger partial charge in [0.25, 0.3) is 5.56 Å². The number of nitrogens with zero attached hydrogens (tertiary/aromatic N) is 3. The van der Waals surface area contributed by atoms with Crippen LogP contribution in [0, 0.1) is 0 Å². The fraction of sp³-hybridized carbons (Fsp3) is 0. The number of thiazole rings is 1. The van der Waals surface area contributed by atoms with Crippen molar-refractivity contribution in [3.05, 3.63) is 57.1 Å². The number of hydrogen-bond acceptors (Lipinski definition) is 4. The third-order valence-electron chi connectivity index (χ3n) is 2.24. The predicted molar refractivity (Wildman–Crippen MR) is 62.4 cm³/mol. The van der Waals surface area contributed by atoms with Crippen LogP contribution < -0.4 is 10.1 Å². The summed E-state index contributed by atoms with van der Waals surface area (Å²) in [6, 6.07) is 9.74. The largest absolute Gasteiger partial charge is 0.275 e. The minimum atomic E-state index is -0.0612. The fourth-order valence-corrected chi connectivity index (χ4v) is 2.38. The molecule has 0 aliphatic heterocycles. The second-order valence-electron chi connectivity index (χ2n) is 3.31. The van der Waals surface area contributed by atoms with Gasteiger partial charge in [0.2, 0.25) is 4.96 Å². The van der Waals surface area contributed by atoms with E-state index < -0.39 is 0 Å². The molecule has 0 saturated heterocycles. The van der Waals surface area contributed by atoms with Gasteiger partial charge in [-0.25, -0.2) is 4.40 Å². The number of aromatic nitrogens is 3. The first-order valence-electron chi connectivity index (χ1n) is 4.74. The Morgan fingerprint density at radius 1 is 1.25 bits per heavy atom. The van der Waals surface area contributed by atoms with E-state index in [0.29, 0.717) is 9.49 Å². The van der Waals surface area contributed by atoms with E-state index in [-0.39, 0.29) is 5.56 Å².